The van der Waals surface area contributed by atoms with Gasteiger partial charge in [-0.1, -0.05) is 30.7 Å². The van der Waals surface area contributed by atoms with Crippen LogP contribution in [0.4, 0.5) is 0 Å². The normalized spacial score (nSPS) is 25.4. The Morgan fingerprint density at radius 1 is 1.63 bits per heavy atom. The van der Waals surface area contributed by atoms with Crippen molar-refractivity contribution >= 4 is 17.6 Å². The Morgan fingerprint density at radius 2 is 2.37 bits per heavy atom. The number of aliphatic carboxylic acids is 1. The zero-order valence-corrected chi connectivity index (χ0v) is 11.7. The minimum absolute atomic E-state index is 0.170. The number of hydrogen-bond acceptors (Lipinski definition) is 3. The Labute approximate surface area is 118 Å². The lowest BCUT2D eigenvalue weighted by Crippen LogP contribution is -2.50. The molecule has 2 rings (SSSR count). The number of carboxylic acid groups (broad SMARTS) is 1. The molecule has 1 aromatic rings. The first-order valence-corrected chi connectivity index (χ1v) is 6.86. The van der Waals surface area contributed by atoms with E-state index in [1.54, 1.807) is 0 Å². The van der Waals surface area contributed by atoms with Gasteiger partial charge in [0.1, 0.15) is 5.54 Å². The highest BCUT2D eigenvalue weighted by atomic mass is 35.5. The van der Waals surface area contributed by atoms with Crippen molar-refractivity contribution in [2.75, 3.05) is 13.1 Å². The molecule has 0 aromatic heterocycles. The predicted octanol–water partition coefficient (Wildman–Crippen LogP) is 2.28. The Morgan fingerprint density at radius 3 is 2.89 bits per heavy atom. The molecule has 0 bridgehead atoms. The lowest BCUT2D eigenvalue weighted by Gasteiger charge is -2.28. The van der Waals surface area contributed by atoms with Gasteiger partial charge in [-0.15, -0.1) is 0 Å². The number of hydrogen-bond donors (Lipinski definition) is 2. The average Bonchev–Trinajstić information content (AvgIpc) is 2.74. The van der Waals surface area contributed by atoms with Gasteiger partial charge < -0.3 is 10.8 Å². The van der Waals surface area contributed by atoms with Gasteiger partial charge in [0.25, 0.3) is 0 Å². The van der Waals surface area contributed by atoms with Crippen LogP contribution in [0.15, 0.2) is 24.3 Å². The van der Waals surface area contributed by atoms with E-state index in [1.165, 1.54) is 0 Å². The minimum Gasteiger partial charge on any atom is -0.480 e. The lowest BCUT2D eigenvalue weighted by atomic mass is 10.00. The summed E-state index contributed by atoms with van der Waals surface area (Å²) in [6, 6.07) is 7.89. The molecule has 5 heteroatoms. The molecule has 0 spiro atoms. The molecule has 2 unspecified atom stereocenters. The molecular weight excluding hydrogens is 264 g/mol. The van der Waals surface area contributed by atoms with E-state index >= 15 is 0 Å². The Hall–Kier alpha value is -1.10. The van der Waals surface area contributed by atoms with E-state index in [2.05, 4.69) is 11.8 Å². The maximum atomic E-state index is 11.2. The molecule has 0 radical (unpaired) electrons. The second-order valence-electron chi connectivity index (χ2n) is 5.16. The van der Waals surface area contributed by atoms with Crippen LogP contribution in [0.1, 0.15) is 31.4 Å². The van der Waals surface area contributed by atoms with Gasteiger partial charge in [-0.3, -0.25) is 9.69 Å². The molecule has 19 heavy (non-hydrogen) atoms. The van der Waals surface area contributed by atoms with E-state index < -0.39 is 11.5 Å². The number of halogens is 1. The molecule has 0 amide bonds. The van der Waals surface area contributed by atoms with Crippen LogP contribution in [0.5, 0.6) is 0 Å². The van der Waals surface area contributed by atoms with Gasteiger partial charge in [-0.2, -0.15) is 0 Å². The Bertz CT molecular complexity index is 480. The van der Waals surface area contributed by atoms with Crippen molar-refractivity contribution in [3.05, 3.63) is 34.9 Å². The first-order chi connectivity index (χ1) is 8.96. The van der Waals surface area contributed by atoms with Gasteiger partial charge in [-0.05, 0) is 30.5 Å². The monoisotopic (exact) mass is 282 g/mol. The largest absolute Gasteiger partial charge is 0.480 e. The molecule has 2 atom stereocenters. The van der Waals surface area contributed by atoms with Crippen molar-refractivity contribution in [2.45, 2.75) is 31.3 Å². The summed E-state index contributed by atoms with van der Waals surface area (Å²) in [4.78, 5) is 13.3. The van der Waals surface area contributed by atoms with E-state index in [1.807, 2.05) is 24.3 Å². The molecule has 4 nitrogen and oxygen atoms in total. The van der Waals surface area contributed by atoms with Gasteiger partial charge >= 0.3 is 5.97 Å². The average molecular weight is 283 g/mol. The van der Waals surface area contributed by atoms with Crippen LogP contribution < -0.4 is 5.73 Å². The van der Waals surface area contributed by atoms with Gasteiger partial charge in [-0.25, -0.2) is 0 Å². The summed E-state index contributed by atoms with van der Waals surface area (Å²) in [6.07, 6.45) is 1.38. The van der Waals surface area contributed by atoms with Crippen LogP contribution in [-0.2, 0) is 4.79 Å². The number of benzene rings is 1. The van der Waals surface area contributed by atoms with E-state index in [9.17, 15) is 9.90 Å². The standard InChI is InChI=1S/C14H19ClN2O2/c1-2-12(10-4-3-5-11(15)8-10)17-7-6-14(16,9-17)13(18)19/h3-5,8,12H,2,6-7,9,16H2,1H3,(H,18,19). The topological polar surface area (TPSA) is 66.6 Å². The number of carboxylic acids is 1. The summed E-state index contributed by atoms with van der Waals surface area (Å²) in [7, 11) is 0. The van der Waals surface area contributed by atoms with Crippen molar-refractivity contribution in [3.63, 3.8) is 0 Å². The van der Waals surface area contributed by atoms with Gasteiger partial charge in [0.05, 0.1) is 0 Å². The second kappa shape index (κ2) is 5.49. The molecule has 1 aliphatic rings. The summed E-state index contributed by atoms with van der Waals surface area (Å²) in [5.74, 6) is -0.920. The van der Waals surface area contributed by atoms with Gasteiger partial charge in [0.15, 0.2) is 0 Å². The van der Waals surface area contributed by atoms with E-state index in [0.717, 1.165) is 12.0 Å². The van der Waals surface area contributed by atoms with Crippen molar-refractivity contribution in [2.24, 2.45) is 5.73 Å². The molecule has 1 fully saturated rings. The van der Waals surface area contributed by atoms with Gasteiger partial charge in [0, 0.05) is 24.2 Å². The van der Waals surface area contributed by atoms with Crippen LogP contribution in [0, 0.1) is 0 Å². The fourth-order valence-corrected chi connectivity index (χ4v) is 2.92. The third kappa shape index (κ3) is 2.91. The zero-order valence-electron chi connectivity index (χ0n) is 11.0. The minimum atomic E-state index is -1.12. The second-order valence-corrected chi connectivity index (χ2v) is 5.60. The lowest BCUT2D eigenvalue weighted by molar-refractivity contribution is -0.142. The zero-order chi connectivity index (χ0) is 14.0. The summed E-state index contributed by atoms with van der Waals surface area (Å²) in [6.45, 7) is 3.17. The van der Waals surface area contributed by atoms with Crippen molar-refractivity contribution in [1.82, 2.24) is 4.90 Å². The molecule has 1 aromatic carbocycles. The van der Waals surface area contributed by atoms with E-state index in [4.69, 9.17) is 17.3 Å². The number of likely N-dealkylation sites (tertiary alicyclic amines) is 1. The maximum Gasteiger partial charge on any atom is 0.325 e. The summed E-state index contributed by atoms with van der Waals surface area (Å²) in [5.41, 5.74) is 5.92. The maximum absolute atomic E-state index is 11.2. The quantitative estimate of drug-likeness (QED) is 0.889. The molecule has 1 aliphatic heterocycles. The first-order valence-electron chi connectivity index (χ1n) is 6.48. The predicted molar refractivity (Wildman–Crippen MR) is 75.2 cm³/mol. The number of nitrogens with two attached hydrogens (primary N) is 1. The summed E-state index contributed by atoms with van der Waals surface area (Å²) in [5, 5.41) is 9.89. The van der Waals surface area contributed by atoms with Crippen LogP contribution in [0.25, 0.3) is 0 Å². The molecule has 104 valence electrons. The van der Waals surface area contributed by atoms with Crippen LogP contribution in [0.3, 0.4) is 0 Å². The van der Waals surface area contributed by atoms with Crippen LogP contribution in [0.2, 0.25) is 5.02 Å². The molecule has 3 N–H and O–H groups in total. The third-order valence-electron chi connectivity index (χ3n) is 3.82. The number of rotatable bonds is 4. The molecule has 1 saturated heterocycles. The fraction of sp³-hybridized carbons (Fsp3) is 0.500. The summed E-state index contributed by atoms with van der Waals surface area (Å²) < 4.78 is 0. The fourth-order valence-electron chi connectivity index (χ4n) is 2.72. The number of carbonyl (C=O) groups is 1. The molecule has 1 heterocycles. The van der Waals surface area contributed by atoms with Crippen LogP contribution >= 0.6 is 11.6 Å². The molecule has 0 saturated carbocycles. The number of nitrogens with zero attached hydrogens (tertiary/aromatic N) is 1. The van der Waals surface area contributed by atoms with Gasteiger partial charge in [0.2, 0.25) is 0 Å². The molecular formula is C14H19ClN2O2. The van der Waals surface area contributed by atoms with Crippen LogP contribution in [-0.4, -0.2) is 34.6 Å². The smallest absolute Gasteiger partial charge is 0.325 e. The SMILES string of the molecule is CCC(c1cccc(Cl)c1)N1CCC(N)(C(=O)O)C1. The Kier molecular flexibility index (Phi) is 4.13. The summed E-state index contributed by atoms with van der Waals surface area (Å²) >= 11 is 6.02. The van der Waals surface area contributed by atoms with Crippen molar-refractivity contribution < 1.29 is 9.90 Å². The molecule has 0 aliphatic carbocycles. The Balaban J connectivity index is 2.18. The first kappa shape index (κ1) is 14.3. The van der Waals surface area contributed by atoms with E-state index in [-0.39, 0.29) is 6.04 Å². The highest BCUT2D eigenvalue weighted by Gasteiger charge is 2.43. The van der Waals surface area contributed by atoms with Crippen molar-refractivity contribution in [1.29, 1.82) is 0 Å². The highest BCUT2D eigenvalue weighted by Crippen LogP contribution is 2.32. The van der Waals surface area contributed by atoms with E-state index in [0.29, 0.717) is 24.5 Å². The highest BCUT2D eigenvalue weighted by molar-refractivity contribution is 6.30. The third-order valence-corrected chi connectivity index (χ3v) is 4.05. The van der Waals surface area contributed by atoms with Crippen molar-refractivity contribution in [3.8, 4) is 0 Å².